The first-order valence-electron chi connectivity index (χ1n) is 7.04. The number of hydrogen-bond acceptors (Lipinski definition) is 3. The molecule has 0 unspecified atom stereocenters. The molecule has 102 valence electrons. The number of hydrogen-bond donors (Lipinski definition) is 0. The van der Waals surface area contributed by atoms with E-state index in [9.17, 15) is 0 Å². The van der Waals surface area contributed by atoms with Crippen molar-refractivity contribution in [3.8, 4) is 11.8 Å². The molecule has 0 aromatic heterocycles. The van der Waals surface area contributed by atoms with E-state index < -0.39 is 0 Å². The lowest BCUT2D eigenvalue weighted by molar-refractivity contribution is 0.119. The number of piperidine rings is 1. The normalized spacial score (nSPS) is 23.8. The molecule has 1 fully saturated rings. The SMILES string of the molecule is C[C@H]1CCN(CCOc2ccc(C#N)cc2)C[C@@H]1C. The molecule has 0 bridgehead atoms. The molecule has 1 saturated heterocycles. The Labute approximate surface area is 115 Å². The molecule has 0 aliphatic carbocycles. The molecular formula is C16H22N2O. The van der Waals surface area contributed by atoms with Crippen molar-refractivity contribution in [1.29, 1.82) is 5.26 Å². The topological polar surface area (TPSA) is 36.3 Å². The molecule has 3 heteroatoms. The Hall–Kier alpha value is -1.53. The van der Waals surface area contributed by atoms with Crippen molar-refractivity contribution >= 4 is 0 Å². The average molecular weight is 258 g/mol. The molecular weight excluding hydrogens is 236 g/mol. The maximum Gasteiger partial charge on any atom is 0.119 e. The van der Waals surface area contributed by atoms with Crippen LogP contribution < -0.4 is 4.74 Å². The summed E-state index contributed by atoms with van der Waals surface area (Å²) in [4.78, 5) is 2.48. The van der Waals surface area contributed by atoms with Gasteiger partial charge in [-0.3, -0.25) is 4.90 Å². The molecule has 2 rings (SSSR count). The van der Waals surface area contributed by atoms with Gasteiger partial charge in [-0.25, -0.2) is 0 Å². The summed E-state index contributed by atoms with van der Waals surface area (Å²) in [7, 11) is 0. The van der Waals surface area contributed by atoms with Gasteiger partial charge in [-0.15, -0.1) is 0 Å². The second-order valence-corrected chi connectivity index (χ2v) is 5.53. The molecule has 0 amide bonds. The fourth-order valence-electron chi connectivity index (χ4n) is 2.47. The van der Waals surface area contributed by atoms with Gasteiger partial charge >= 0.3 is 0 Å². The minimum absolute atomic E-state index is 0.672. The number of nitriles is 1. The van der Waals surface area contributed by atoms with Crippen LogP contribution >= 0.6 is 0 Å². The molecule has 3 nitrogen and oxygen atoms in total. The first-order chi connectivity index (χ1) is 9.19. The molecule has 0 spiro atoms. The standard InChI is InChI=1S/C16H22N2O/c1-13-7-8-18(12-14(13)2)9-10-19-16-5-3-15(11-17)4-6-16/h3-6,13-14H,7-10,12H2,1-2H3/t13-,14-/m0/s1. The van der Waals surface area contributed by atoms with Crippen LogP contribution in [0, 0.1) is 23.2 Å². The number of nitrogens with zero attached hydrogens (tertiary/aromatic N) is 2. The van der Waals surface area contributed by atoms with Crippen molar-refractivity contribution in [2.75, 3.05) is 26.2 Å². The molecule has 1 heterocycles. The lowest BCUT2D eigenvalue weighted by Crippen LogP contribution is -2.40. The number of ether oxygens (including phenoxy) is 1. The van der Waals surface area contributed by atoms with Crippen molar-refractivity contribution in [2.45, 2.75) is 20.3 Å². The molecule has 1 aliphatic rings. The van der Waals surface area contributed by atoms with Crippen LogP contribution in [0.5, 0.6) is 5.75 Å². The van der Waals surface area contributed by atoms with Gasteiger partial charge < -0.3 is 4.74 Å². The van der Waals surface area contributed by atoms with Gasteiger partial charge in [-0.2, -0.15) is 5.26 Å². The summed E-state index contributed by atoms with van der Waals surface area (Å²) in [6, 6.07) is 9.41. The van der Waals surface area contributed by atoms with E-state index in [0.717, 1.165) is 24.1 Å². The fraction of sp³-hybridized carbons (Fsp3) is 0.562. The minimum Gasteiger partial charge on any atom is -0.492 e. The average Bonchev–Trinajstić information content (AvgIpc) is 2.43. The first kappa shape index (κ1) is 13.9. The van der Waals surface area contributed by atoms with Gasteiger partial charge in [0.05, 0.1) is 11.6 Å². The Morgan fingerprint density at radius 2 is 2.00 bits per heavy atom. The molecule has 0 radical (unpaired) electrons. The third kappa shape index (κ3) is 3.97. The van der Waals surface area contributed by atoms with Crippen LogP contribution in [0.25, 0.3) is 0 Å². The van der Waals surface area contributed by atoms with E-state index in [1.165, 1.54) is 19.5 Å². The highest BCUT2D eigenvalue weighted by atomic mass is 16.5. The number of likely N-dealkylation sites (tertiary alicyclic amines) is 1. The van der Waals surface area contributed by atoms with Crippen LogP contribution in [0.4, 0.5) is 0 Å². The quantitative estimate of drug-likeness (QED) is 0.833. The molecule has 19 heavy (non-hydrogen) atoms. The largest absolute Gasteiger partial charge is 0.492 e. The van der Waals surface area contributed by atoms with E-state index in [-0.39, 0.29) is 0 Å². The van der Waals surface area contributed by atoms with Gasteiger partial charge in [0.15, 0.2) is 0 Å². The third-order valence-electron chi connectivity index (χ3n) is 4.08. The second kappa shape index (κ2) is 6.58. The van der Waals surface area contributed by atoms with Crippen molar-refractivity contribution in [2.24, 2.45) is 11.8 Å². The van der Waals surface area contributed by atoms with Crippen LogP contribution in [0.1, 0.15) is 25.8 Å². The van der Waals surface area contributed by atoms with Gasteiger partial charge in [0.2, 0.25) is 0 Å². The van der Waals surface area contributed by atoms with Gasteiger partial charge in [-0.05, 0) is 49.1 Å². The smallest absolute Gasteiger partial charge is 0.119 e. The van der Waals surface area contributed by atoms with E-state index in [0.29, 0.717) is 12.2 Å². The summed E-state index contributed by atoms with van der Waals surface area (Å²) in [5, 5.41) is 8.72. The van der Waals surface area contributed by atoms with Crippen LogP contribution in [0.15, 0.2) is 24.3 Å². The lowest BCUT2D eigenvalue weighted by atomic mass is 9.89. The maximum atomic E-state index is 8.72. The van der Waals surface area contributed by atoms with Gasteiger partial charge in [0, 0.05) is 13.1 Å². The van der Waals surface area contributed by atoms with Gasteiger partial charge in [-0.1, -0.05) is 13.8 Å². The molecule has 1 aromatic rings. The molecule has 0 N–H and O–H groups in total. The zero-order valence-corrected chi connectivity index (χ0v) is 11.8. The van der Waals surface area contributed by atoms with Crippen molar-refractivity contribution < 1.29 is 4.74 Å². The van der Waals surface area contributed by atoms with Crippen molar-refractivity contribution in [3.05, 3.63) is 29.8 Å². The summed E-state index contributed by atoms with van der Waals surface area (Å²) in [6.07, 6.45) is 1.29. The van der Waals surface area contributed by atoms with Gasteiger partial charge in [0.25, 0.3) is 0 Å². The summed E-state index contributed by atoms with van der Waals surface area (Å²) >= 11 is 0. The highest BCUT2D eigenvalue weighted by Crippen LogP contribution is 2.22. The fourth-order valence-corrected chi connectivity index (χ4v) is 2.47. The highest BCUT2D eigenvalue weighted by molar-refractivity contribution is 5.34. The summed E-state index contributed by atoms with van der Waals surface area (Å²) in [6.45, 7) is 8.73. The zero-order chi connectivity index (χ0) is 13.7. The lowest BCUT2D eigenvalue weighted by Gasteiger charge is -2.35. The Bertz CT molecular complexity index is 435. The Morgan fingerprint density at radius 1 is 1.26 bits per heavy atom. The first-order valence-corrected chi connectivity index (χ1v) is 7.04. The highest BCUT2D eigenvalue weighted by Gasteiger charge is 2.22. The van der Waals surface area contributed by atoms with Crippen LogP contribution in [-0.4, -0.2) is 31.1 Å². The van der Waals surface area contributed by atoms with E-state index in [4.69, 9.17) is 10.00 Å². The Kier molecular flexibility index (Phi) is 4.81. The molecule has 1 aliphatic heterocycles. The van der Waals surface area contributed by atoms with Crippen LogP contribution in [-0.2, 0) is 0 Å². The monoisotopic (exact) mass is 258 g/mol. The predicted octanol–water partition coefficient (Wildman–Crippen LogP) is 2.91. The predicted molar refractivity (Wildman–Crippen MR) is 76.0 cm³/mol. The molecule has 2 atom stereocenters. The van der Waals surface area contributed by atoms with E-state index >= 15 is 0 Å². The third-order valence-corrected chi connectivity index (χ3v) is 4.08. The van der Waals surface area contributed by atoms with E-state index in [1.54, 1.807) is 12.1 Å². The van der Waals surface area contributed by atoms with E-state index in [2.05, 4.69) is 24.8 Å². The van der Waals surface area contributed by atoms with Crippen LogP contribution in [0.2, 0.25) is 0 Å². The minimum atomic E-state index is 0.672. The molecule has 0 saturated carbocycles. The summed E-state index contributed by atoms with van der Waals surface area (Å²) < 4.78 is 5.72. The van der Waals surface area contributed by atoms with E-state index in [1.807, 2.05) is 12.1 Å². The van der Waals surface area contributed by atoms with Crippen molar-refractivity contribution in [1.82, 2.24) is 4.90 Å². The van der Waals surface area contributed by atoms with Crippen molar-refractivity contribution in [3.63, 3.8) is 0 Å². The van der Waals surface area contributed by atoms with Crippen LogP contribution in [0.3, 0.4) is 0 Å². The molecule has 1 aromatic carbocycles. The number of rotatable bonds is 4. The second-order valence-electron chi connectivity index (χ2n) is 5.53. The Balaban J connectivity index is 1.73. The number of benzene rings is 1. The summed E-state index contributed by atoms with van der Waals surface area (Å²) in [5.41, 5.74) is 0.672. The summed E-state index contributed by atoms with van der Waals surface area (Å²) in [5.74, 6) is 2.47. The zero-order valence-electron chi connectivity index (χ0n) is 11.8. The Morgan fingerprint density at radius 3 is 2.63 bits per heavy atom. The maximum absolute atomic E-state index is 8.72. The van der Waals surface area contributed by atoms with Gasteiger partial charge in [0.1, 0.15) is 12.4 Å².